The largest absolute Gasteiger partial charge is 0.383 e. The van der Waals surface area contributed by atoms with Crippen LogP contribution in [0.4, 0.5) is 5.69 Å². The molecule has 0 spiro atoms. The number of nitrogens with one attached hydrogen (secondary N) is 1. The topological polar surface area (TPSA) is 42.7 Å². The highest BCUT2D eigenvalue weighted by atomic mass is 35.5. The van der Waals surface area contributed by atoms with E-state index in [0.29, 0.717) is 10.9 Å². The molecule has 0 saturated heterocycles. The summed E-state index contributed by atoms with van der Waals surface area (Å²) in [6.07, 6.45) is 3.14. The minimum atomic E-state index is 0.567. The summed E-state index contributed by atoms with van der Waals surface area (Å²) in [4.78, 5) is 3.94. The van der Waals surface area contributed by atoms with Crippen molar-refractivity contribution in [1.82, 2.24) is 14.8 Å². The van der Waals surface area contributed by atoms with Gasteiger partial charge in [0.2, 0.25) is 0 Å². The Kier molecular flexibility index (Phi) is 3.64. The van der Waals surface area contributed by atoms with Gasteiger partial charge in [0.15, 0.2) is 0 Å². The second kappa shape index (κ2) is 5.19. The van der Waals surface area contributed by atoms with Crippen molar-refractivity contribution in [2.24, 2.45) is 5.92 Å². The molecule has 0 unspecified atom stereocenters. The zero-order valence-electron chi connectivity index (χ0n) is 9.89. The summed E-state index contributed by atoms with van der Waals surface area (Å²) in [5, 5.41) is 8.14. The molecule has 0 atom stereocenters. The number of para-hydroxylation sites is 1. The van der Waals surface area contributed by atoms with E-state index in [9.17, 15) is 0 Å². The van der Waals surface area contributed by atoms with Crippen molar-refractivity contribution < 1.29 is 0 Å². The average Bonchev–Trinajstić information content (AvgIpc) is 2.79. The molecule has 0 aliphatic rings. The molecule has 1 aromatic heterocycles. The lowest BCUT2D eigenvalue weighted by atomic mass is 10.2. The van der Waals surface area contributed by atoms with Gasteiger partial charge in [0.25, 0.3) is 0 Å². The van der Waals surface area contributed by atoms with Crippen LogP contribution in [0.5, 0.6) is 0 Å². The summed E-state index contributed by atoms with van der Waals surface area (Å²) in [6.45, 7) is 5.21. The number of benzene rings is 1. The number of hydrogen-bond acceptors (Lipinski definition) is 3. The van der Waals surface area contributed by atoms with Crippen LogP contribution in [0.15, 0.2) is 30.9 Å². The molecule has 90 valence electrons. The monoisotopic (exact) mass is 250 g/mol. The Morgan fingerprint density at radius 2 is 2.24 bits per heavy atom. The predicted octanol–water partition coefficient (Wildman–Crippen LogP) is 2.99. The van der Waals surface area contributed by atoms with E-state index in [-0.39, 0.29) is 0 Å². The van der Waals surface area contributed by atoms with Crippen molar-refractivity contribution >= 4 is 17.3 Å². The maximum atomic E-state index is 6.21. The Bertz CT molecular complexity index is 479. The first kappa shape index (κ1) is 11.9. The predicted molar refractivity (Wildman–Crippen MR) is 69.7 cm³/mol. The molecule has 1 N–H and O–H groups in total. The van der Waals surface area contributed by atoms with Crippen LogP contribution in [0.3, 0.4) is 0 Å². The average molecular weight is 251 g/mol. The third kappa shape index (κ3) is 2.77. The molecule has 0 amide bonds. The van der Waals surface area contributed by atoms with Gasteiger partial charge in [-0.05, 0) is 18.1 Å². The summed E-state index contributed by atoms with van der Waals surface area (Å²) >= 11 is 6.21. The first-order valence-corrected chi connectivity index (χ1v) is 5.93. The minimum absolute atomic E-state index is 0.567. The van der Waals surface area contributed by atoms with Gasteiger partial charge >= 0.3 is 0 Å². The van der Waals surface area contributed by atoms with Crippen molar-refractivity contribution in [3.63, 3.8) is 0 Å². The van der Waals surface area contributed by atoms with Gasteiger partial charge in [-0.2, -0.15) is 5.10 Å². The number of anilines is 1. The van der Waals surface area contributed by atoms with E-state index in [1.807, 2.05) is 18.2 Å². The molecule has 0 bridgehead atoms. The highest BCUT2D eigenvalue weighted by molar-refractivity contribution is 6.33. The van der Waals surface area contributed by atoms with Gasteiger partial charge < -0.3 is 5.32 Å². The molecule has 1 aromatic carbocycles. The summed E-state index contributed by atoms with van der Waals surface area (Å²) in [5.41, 5.74) is 1.81. The smallest absolute Gasteiger partial charge is 0.138 e. The van der Waals surface area contributed by atoms with Crippen LogP contribution in [-0.4, -0.2) is 21.3 Å². The van der Waals surface area contributed by atoms with E-state index in [1.54, 1.807) is 11.0 Å². The fourth-order valence-electron chi connectivity index (χ4n) is 1.53. The number of hydrogen-bond donors (Lipinski definition) is 1. The highest BCUT2D eigenvalue weighted by Gasteiger charge is 2.09. The lowest BCUT2D eigenvalue weighted by Crippen LogP contribution is -2.11. The quantitative estimate of drug-likeness (QED) is 0.907. The van der Waals surface area contributed by atoms with Crippen LogP contribution in [0, 0.1) is 5.92 Å². The fourth-order valence-corrected chi connectivity index (χ4v) is 1.79. The zero-order valence-corrected chi connectivity index (χ0v) is 10.6. The molecule has 0 aliphatic heterocycles. The van der Waals surface area contributed by atoms with Gasteiger partial charge in [0.05, 0.1) is 10.7 Å². The number of nitrogens with zero attached hydrogens (tertiary/aromatic N) is 3. The van der Waals surface area contributed by atoms with Gasteiger partial charge in [0.1, 0.15) is 18.3 Å². The van der Waals surface area contributed by atoms with Crippen molar-refractivity contribution in [2.75, 3.05) is 11.9 Å². The molecule has 5 heteroatoms. The number of rotatable bonds is 4. The molecule has 1 heterocycles. The van der Waals surface area contributed by atoms with Crippen LogP contribution in [0.2, 0.25) is 5.02 Å². The molecular formula is C12H15ClN4. The van der Waals surface area contributed by atoms with E-state index in [4.69, 9.17) is 11.6 Å². The Balaban J connectivity index is 2.35. The van der Waals surface area contributed by atoms with Crippen LogP contribution < -0.4 is 5.32 Å². The second-order valence-corrected chi connectivity index (χ2v) is 4.66. The van der Waals surface area contributed by atoms with Crippen LogP contribution in [0.1, 0.15) is 13.8 Å². The highest BCUT2D eigenvalue weighted by Crippen LogP contribution is 2.27. The van der Waals surface area contributed by atoms with E-state index in [1.165, 1.54) is 6.33 Å². The van der Waals surface area contributed by atoms with Crippen LogP contribution >= 0.6 is 11.6 Å². The van der Waals surface area contributed by atoms with Crippen molar-refractivity contribution in [3.8, 4) is 5.69 Å². The molecular weight excluding hydrogens is 236 g/mol. The minimum Gasteiger partial charge on any atom is -0.383 e. The third-order valence-corrected chi connectivity index (χ3v) is 2.64. The molecule has 2 rings (SSSR count). The molecule has 0 fully saturated rings. The fraction of sp³-hybridized carbons (Fsp3) is 0.333. The van der Waals surface area contributed by atoms with Crippen LogP contribution in [0.25, 0.3) is 5.69 Å². The first-order valence-electron chi connectivity index (χ1n) is 5.56. The number of halogens is 1. The standard InChI is InChI=1S/C12H15ClN4/c1-9(2)6-15-11-5-3-4-10(13)12(11)17-8-14-7-16-17/h3-5,7-9,15H,6H2,1-2H3. The van der Waals surface area contributed by atoms with Gasteiger partial charge in [0, 0.05) is 6.54 Å². The summed E-state index contributed by atoms with van der Waals surface area (Å²) < 4.78 is 1.67. The van der Waals surface area contributed by atoms with Crippen LogP contribution in [-0.2, 0) is 0 Å². The van der Waals surface area contributed by atoms with Gasteiger partial charge in [-0.1, -0.05) is 31.5 Å². The zero-order chi connectivity index (χ0) is 12.3. The van der Waals surface area contributed by atoms with Crippen molar-refractivity contribution in [2.45, 2.75) is 13.8 Å². The molecule has 0 saturated carbocycles. The molecule has 0 aliphatic carbocycles. The summed E-state index contributed by atoms with van der Waals surface area (Å²) in [7, 11) is 0. The molecule has 4 nitrogen and oxygen atoms in total. The van der Waals surface area contributed by atoms with Crippen molar-refractivity contribution in [1.29, 1.82) is 0 Å². The molecule has 2 aromatic rings. The maximum Gasteiger partial charge on any atom is 0.138 e. The molecule has 17 heavy (non-hydrogen) atoms. The lowest BCUT2D eigenvalue weighted by Gasteiger charge is -2.14. The van der Waals surface area contributed by atoms with Gasteiger partial charge in [-0.15, -0.1) is 0 Å². The Morgan fingerprint density at radius 1 is 1.41 bits per heavy atom. The lowest BCUT2D eigenvalue weighted by molar-refractivity contribution is 0.688. The third-order valence-electron chi connectivity index (χ3n) is 2.34. The SMILES string of the molecule is CC(C)CNc1cccc(Cl)c1-n1cncn1. The van der Waals surface area contributed by atoms with Crippen molar-refractivity contribution in [3.05, 3.63) is 35.9 Å². The normalized spacial score (nSPS) is 10.8. The second-order valence-electron chi connectivity index (χ2n) is 4.25. The summed E-state index contributed by atoms with van der Waals surface area (Å²) in [6, 6.07) is 5.76. The van der Waals surface area contributed by atoms with E-state index < -0.39 is 0 Å². The van der Waals surface area contributed by atoms with E-state index in [2.05, 4.69) is 29.2 Å². The van der Waals surface area contributed by atoms with E-state index in [0.717, 1.165) is 17.9 Å². The van der Waals surface area contributed by atoms with Gasteiger partial charge in [-0.25, -0.2) is 9.67 Å². The maximum absolute atomic E-state index is 6.21. The molecule has 0 radical (unpaired) electrons. The van der Waals surface area contributed by atoms with Gasteiger partial charge in [-0.3, -0.25) is 0 Å². The Morgan fingerprint density at radius 3 is 2.88 bits per heavy atom. The Hall–Kier alpha value is -1.55. The number of aromatic nitrogens is 3. The summed E-state index contributed by atoms with van der Waals surface area (Å²) in [5.74, 6) is 0.567. The Labute approximate surface area is 106 Å². The van der Waals surface area contributed by atoms with E-state index >= 15 is 0 Å². The first-order chi connectivity index (χ1) is 8.18.